The Kier molecular flexibility index (Phi) is 13.6. The van der Waals surface area contributed by atoms with Crippen molar-refractivity contribution in [2.24, 2.45) is 0 Å². The first-order chi connectivity index (χ1) is 27.6. The molecule has 4 aromatic carbocycles. The Labute approximate surface area is 334 Å². The van der Waals surface area contributed by atoms with Gasteiger partial charge in [-0.25, -0.2) is 4.79 Å². The molecule has 12 nitrogen and oxygen atoms in total. The summed E-state index contributed by atoms with van der Waals surface area (Å²) >= 11 is 1.41. The van der Waals surface area contributed by atoms with Crippen LogP contribution in [0.3, 0.4) is 0 Å². The minimum atomic E-state index is -1.32. The second-order valence-electron chi connectivity index (χ2n) is 13.8. The van der Waals surface area contributed by atoms with Crippen LogP contribution in [0.4, 0.5) is 5.69 Å². The minimum Gasteiger partial charge on any atom is -0.480 e. The van der Waals surface area contributed by atoms with Crippen LogP contribution in [-0.2, 0) is 54.6 Å². The summed E-state index contributed by atoms with van der Waals surface area (Å²) < 4.78 is 0. The summed E-state index contributed by atoms with van der Waals surface area (Å²) in [5, 5.41) is 22.9. The van der Waals surface area contributed by atoms with Crippen molar-refractivity contribution in [2.45, 2.75) is 56.8 Å². The van der Waals surface area contributed by atoms with Crippen LogP contribution in [0.15, 0.2) is 127 Å². The molecular weight excluding hydrogens is 743 g/mol. The smallest absolute Gasteiger partial charge is 0.326 e. The van der Waals surface area contributed by atoms with Gasteiger partial charge in [0.2, 0.25) is 29.5 Å². The molecule has 0 aliphatic carbocycles. The third-order valence-corrected chi connectivity index (χ3v) is 10.4. The van der Waals surface area contributed by atoms with Crippen molar-refractivity contribution in [1.29, 1.82) is 0 Å². The van der Waals surface area contributed by atoms with Gasteiger partial charge in [-0.1, -0.05) is 103 Å². The number of hydrogen-bond donors (Lipinski definition) is 5. The molecular formula is C44H43N5O7S. The molecule has 1 aromatic heterocycles. The van der Waals surface area contributed by atoms with Crippen LogP contribution in [0.1, 0.15) is 34.4 Å². The zero-order valence-electron chi connectivity index (χ0n) is 31.1. The molecule has 292 valence electrons. The molecule has 5 aromatic rings. The van der Waals surface area contributed by atoms with Crippen LogP contribution < -0.4 is 21.3 Å². The van der Waals surface area contributed by atoms with Gasteiger partial charge in [0.05, 0.1) is 6.54 Å². The van der Waals surface area contributed by atoms with Gasteiger partial charge in [0.1, 0.15) is 18.1 Å². The predicted molar refractivity (Wildman–Crippen MR) is 217 cm³/mol. The number of carbonyl (C=O) groups excluding carboxylic acids is 5. The molecule has 3 heterocycles. The van der Waals surface area contributed by atoms with E-state index in [0.29, 0.717) is 16.8 Å². The fourth-order valence-corrected chi connectivity index (χ4v) is 7.29. The number of nitrogens with one attached hydrogen (secondary N) is 4. The Morgan fingerprint density at radius 2 is 1.32 bits per heavy atom. The van der Waals surface area contributed by atoms with Crippen molar-refractivity contribution in [1.82, 2.24) is 20.9 Å². The molecule has 2 bridgehead atoms. The third kappa shape index (κ3) is 11.7. The number of hydrogen-bond acceptors (Lipinski definition) is 7. The van der Waals surface area contributed by atoms with Gasteiger partial charge in [0.25, 0.3) is 0 Å². The number of aliphatic carboxylic acids is 1. The number of fused-ring (bicyclic) bond motifs is 18. The lowest BCUT2D eigenvalue weighted by atomic mass is 9.99. The fourth-order valence-electron chi connectivity index (χ4n) is 6.54. The van der Waals surface area contributed by atoms with E-state index in [9.17, 15) is 33.9 Å². The highest BCUT2D eigenvalue weighted by atomic mass is 32.1. The van der Waals surface area contributed by atoms with Crippen LogP contribution in [0.5, 0.6) is 0 Å². The van der Waals surface area contributed by atoms with Crippen molar-refractivity contribution in [2.75, 3.05) is 11.9 Å². The standard InChI is InChI=1S/C44H43N5O7S/c50-39-21-22-40(51)46-36(26-35-12-7-23-57-35)42(53)48-37(24-29-13-17-33(18-14-29)32-10-5-2-6-11-32)43(54)49(27-31-8-3-1-4-9-31)28-41(52)47-38(44(55)56)25-30-15-19-34(45-39)20-16-30/h1-20,23,36-38H,21-22,24-28H2,(H,45,50)(H,46,51)(H,47,52)(H,48,53)(H,55,56)/t36-,37+,38+/m1/s1. The van der Waals surface area contributed by atoms with Crippen molar-refractivity contribution >= 4 is 52.5 Å². The molecule has 5 N–H and O–H groups in total. The van der Waals surface area contributed by atoms with Gasteiger partial charge in [0.15, 0.2) is 0 Å². The van der Waals surface area contributed by atoms with Crippen LogP contribution in [0, 0.1) is 0 Å². The van der Waals surface area contributed by atoms with Crippen LogP contribution in [-0.4, -0.2) is 70.2 Å². The third-order valence-electron chi connectivity index (χ3n) is 9.50. The summed E-state index contributed by atoms with van der Waals surface area (Å²) in [6.07, 6.45) is -0.256. The number of carboxylic acid groups (broad SMARTS) is 1. The van der Waals surface area contributed by atoms with Gasteiger partial charge in [0, 0.05) is 49.2 Å². The van der Waals surface area contributed by atoms with Crippen LogP contribution >= 0.6 is 11.3 Å². The van der Waals surface area contributed by atoms with Gasteiger partial charge >= 0.3 is 5.97 Å². The van der Waals surface area contributed by atoms with Gasteiger partial charge in [-0.2, -0.15) is 0 Å². The van der Waals surface area contributed by atoms with Crippen molar-refractivity contribution < 1.29 is 33.9 Å². The first kappa shape index (κ1) is 40.1. The Bertz CT molecular complexity index is 2160. The van der Waals surface area contributed by atoms with Crippen LogP contribution in [0.25, 0.3) is 11.1 Å². The van der Waals surface area contributed by atoms with E-state index in [1.807, 2.05) is 78.2 Å². The number of thiophene rings is 1. The lowest BCUT2D eigenvalue weighted by molar-refractivity contribution is -0.143. The second kappa shape index (κ2) is 19.3. The Balaban J connectivity index is 1.35. The van der Waals surface area contributed by atoms with Gasteiger partial charge in [-0.3, -0.25) is 24.0 Å². The van der Waals surface area contributed by atoms with E-state index < -0.39 is 60.2 Å². The molecule has 2 aliphatic heterocycles. The molecule has 0 saturated heterocycles. The average Bonchev–Trinajstić information content (AvgIpc) is 3.73. The largest absolute Gasteiger partial charge is 0.480 e. The second-order valence-corrected chi connectivity index (χ2v) is 14.9. The van der Waals surface area contributed by atoms with E-state index in [4.69, 9.17) is 0 Å². The number of carbonyl (C=O) groups is 6. The average molecular weight is 786 g/mol. The maximum absolute atomic E-state index is 14.8. The van der Waals surface area contributed by atoms with Crippen molar-refractivity contribution in [3.05, 3.63) is 148 Å². The summed E-state index contributed by atoms with van der Waals surface area (Å²) in [5.74, 6) is -4.13. The molecule has 2 aliphatic rings. The molecule has 5 amide bonds. The molecule has 0 saturated carbocycles. The number of amides is 5. The predicted octanol–water partition coefficient (Wildman–Crippen LogP) is 4.74. The molecule has 0 radical (unpaired) electrons. The Morgan fingerprint density at radius 1 is 0.649 bits per heavy atom. The molecule has 57 heavy (non-hydrogen) atoms. The maximum atomic E-state index is 14.8. The minimum absolute atomic E-state index is 0.0119. The zero-order chi connectivity index (χ0) is 40.1. The quantitative estimate of drug-likeness (QED) is 0.141. The number of nitrogens with zero attached hydrogens (tertiary/aromatic N) is 1. The number of carboxylic acids is 1. The number of benzene rings is 4. The van der Waals surface area contributed by atoms with E-state index in [2.05, 4.69) is 21.3 Å². The van der Waals surface area contributed by atoms with Crippen LogP contribution in [0.2, 0.25) is 0 Å². The Morgan fingerprint density at radius 3 is 1.98 bits per heavy atom. The lowest BCUT2D eigenvalue weighted by Crippen LogP contribution is -2.57. The summed E-state index contributed by atoms with van der Waals surface area (Å²) in [6, 6.07) is 32.9. The fraction of sp³-hybridized carbons (Fsp3) is 0.227. The molecule has 13 heteroatoms. The van der Waals surface area contributed by atoms with E-state index in [-0.39, 0.29) is 38.6 Å². The lowest BCUT2D eigenvalue weighted by Gasteiger charge is -2.29. The summed E-state index contributed by atoms with van der Waals surface area (Å²) in [6.45, 7) is -0.515. The van der Waals surface area contributed by atoms with Crippen molar-refractivity contribution in [3.8, 4) is 11.1 Å². The van der Waals surface area contributed by atoms with Gasteiger partial charge in [-0.15, -0.1) is 11.3 Å². The highest BCUT2D eigenvalue weighted by Gasteiger charge is 2.32. The summed E-state index contributed by atoms with van der Waals surface area (Å²) in [4.78, 5) is 83.2. The SMILES string of the molecule is O=C1CCC(=O)N[C@H](Cc2cccs2)C(=O)N[C@@H](Cc2ccc(-c3ccccc3)cc2)C(=O)N(Cc2ccccc2)CC(=O)N[C@H](C(=O)O)Cc2ccc(cc2)N1. The number of rotatable bonds is 8. The van der Waals surface area contributed by atoms with Gasteiger partial charge in [-0.05, 0) is 51.4 Å². The maximum Gasteiger partial charge on any atom is 0.326 e. The molecule has 7 rings (SSSR count). The van der Waals surface area contributed by atoms with E-state index >= 15 is 0 Å². The molecule has 0 unspecified atom stereocenters. The van der Waals surface area contributed by atoms with Crippen molar-refractivity contribution in [3.63, 3.8) is 0 Å². The molecule has 0 fully saturated rings. The summed E-state index contributed by atoms with van der Waals surface area (Å²) in [5.41, 5.74) is 4.43. The highest BCUT2D eigenvalue weighted by molar-refractivity contribution is 7.09. The van der Waals surface area contributed by atoms with Gasteiger partial charge < -0.3 is 31.3 Å². The van der Waals surface area contributed by atoms with E-state index in [1.165, 1.54) is 16.2 Å². The van der Waals surface area contributed by atoms with E-state index in [0.717, 1.165) is 21.6 Å². The first-order valence-electron chi connectivity index (χ1n) is 18.6. The zero-order valence-corrected chi connectivity index (χ0v) is 31.9. The monoisotopic (exact) mass is 785 g/mol. The highest BCUT2D eigenvalue weighted by Crippen LogP contribution is 2.21. The number of anilines is 1. The van der Waals surface area contributed by atoms with E-state index in [1.54, 1.807) is 48.5 Å². The normalized spacial score (nSPS) is 18.8. The Hall–Kier alpha value is -6.60. The molecule has 0 spiro atoms. The first-order valence-corrected chi connectivity index (χ1v) is 19.5. The summed E-state index contributed by atoms with van der Waals surface area (Å²) in [7, 11) is 0. The molecule has 3 atom stereocenters. The topological polar surface area (TPSA) is 174 Å².